The van der Waals surface area contributed by atoms with Crippen LogP contribution in [-0.2, 0) is 8.85 Å². The van der Waals surface area contributed by atoms with E-state index in [4.69, 9.17) is 8.85 Å². The van der Waals surface area contributed by atoms with Gasteiger partial charge in [0.15, 0.2) is 0 Å². The fourth-order valence-corrected chi connectivity index (χ4v) is 6.03. The average molecular weight is 493 g/mol. The van der Waals surface area contributed by atoms with E-state index in [0.717, 1.165) is 31.7 Å². The summed E-state index contributed by atoms with van der Waals surface area (Å²) in [5.74, 6) is 0.561. The molecule has 176 valence electrons. The van der Waals surface area contributed by atoms with Crippen LogP contribution in [0.4, 0.5) is 0 Å². The van der Waals surface area contributed by atoms with Crippen LogP contribution in [0.1, 0.15) is 40.5 Å². The zero-order valence-corrected chi connectivity index (χ0v) is 22.1. The molecule has 0 aliphatic heterocycles. The Morgan fingerprint density at radius 2 is 0.714 bits per heavy atom. The number of hydrogen-bond acceptors (Lipinski definition) is 2. The standard InChI is InChI=1S/C31H32O2Si2/c1-5-14-26(15-6-1)30(27-16-7-2-8-17-27)24-32-34-22-13-23-35-33-25-31(28-18-9-3-10-19-28)29-20-11-4-12-21-29/h1-12,14-21,30-31H,13,22-25H2. The maximum atomic E-state index is 6.16. The largest absolute Gasteiger partial charge is 0.416 e. The third-order valence-electron chi connectivity index (χ3n) is 6.07. The minimum atomic E-state index is 0.281. The molecule has 0 aromatic heterocycles. The Balaban J connectivity index is 1.16. The van der Waals surface area contributed by atoms with Crippen LogP contribution in [0.15, 0.2) is 121 Å². The summed E-state index contributed by atoms with van der Waals surface area (Å²) in [6, 6.07) is 44.9. The second-order valence-corrected chi connectivity index (χ2v) is 10.7. The van der Waals surface area contributed by atoms with Gasteiger partial charge in [-0.2, -0.15) is 0 Å². The maximum Gasteiger partial charge on any atom is 0.229 e. The molecular weight excluding hydrogens is 461 g/mol. The molecule has 0 aliphatic rings. The monoisotopic (exact) mass is 492 g/mol. The molecule has 0 bridgehead atoms. The molecule has 4 radical (unpaired) electrons. The van der Waals surface area contributed by atoms with Gasteiger partial charge in [-0.3, -0.25) is 0 Å². The molecule has 4 heteroatoms. The summed E-state index contributed by atoms with van der Waals surface area (Å²) in [7, 11) is 1.05. The number of benzene rings is 4. The minimum absolute atomic E-state index is 0.281. The van der Waals surface area contributed by atoms with Crippen molar-refractivity contribution in [1.29, 1.82) is 0 Å². The van der Waals surface area contributed by atoms with Crippen LogP contribution in [-0.4, -0.2) is 32.7 Å². The van der Waals surface area contributed by atoms with Crippen molar-refractivity contribution >= 4 is 19.5 Å². The van der Waals surface area contributed by atoms with Gasteiger partial charge in [0.1, 0.15) is 0 Å². The molecule has 2 nitrogen and oxygen atoms in total. The molecule has 0 amide bonds. The van der Waals surface area contributed by atoms with Crippen molar-refractivity contribution in [2.75, 3.05) is 13.2 Å². The Kier molecular flexibility index (Phi) is 10.6. The first kappa shape index (κ1) is 25.3. The van der Waals surface area contributed by atoms with Gasteiger partial charge in [0.2, 0.25) is 19.5 Å². The zero-order valence-electron chi connectivity index (χ0n) is 20.1. The normalized spacial score (nSPS) is 11.3. The minimum Gasteiger partial charge on any atom is -0.416 e. The topological polar surface area (TPSA) is 18.5 Å². The lowest BCUT2D eigenvalue weighted by Gasteiger charge is -2.18. The molecule has 0 heterocycles. The number of hydrogen-bond donors (Lipinski definition) is 0. The molecule has 0 aliphatic carbocycles. The SMILES string of the molecule is c1ccc(C(CO[Si]CCC[Si]OCC(c2ccccc2)c2ccccc2)c2ccccc2)cc1. The average Bonchev–Trinajstić information content (AvgIpc) is 2.94. The molecule has 0 unspecified atom stereocenters. The Labute approximate surface area is 215 Å². The van der Waals surface area contributed by atoms with Gasteiger partial charge in [-0.1, -0.05) is 128 Å². The van der Waals surface area contributed by atoms with Crippen molar-refractivity contribution < 1.29 is 8.85 Å². The molecule has 4 aromatic rings. The van der Waals surface area contributed by atoms with E-state index >= 15 is 0 Å². The van der Waals surface area contributed by atoms with Crippen LogP contribution in [0.25, 0.3) is 0 Å². The molecular formula is C31H32O2Si2. The molecule has 0 atom stereocenters. The van der Waals surface area contributed by atoms with E-state index in [-0.39, 0.29) is 11.8 Å². The Morgan fingerprint density at radius 1 is 0.429 bits per heavy atom. The molecule has 4 aromatic carbocycles. The molecule has 35 heavy (non-hydrogen) atoms. The summed E-state index contributed by atoms with van der Waals surface area (Å²) in [6.07, 6.45) is 1.14. The van der Waals surface area contributed by atoms with Crippen LogP contribution < -0.4 is 0 Å². The molecule has 0 fully saturated rings. The van der Waals surface area contributed by atoms with E-state index in [1.54, 1.807) is 0 Å². The summed E-state index contributed by atoms with van der Waals surface area (Å²) in [4.78, 5) is 0. The third-order valence-corrected chi connectivity index (χ3v) is 7.93. The number of rotatable bonds is 14. The Morgan fingerprint density at radius 3 is 1.00 bits per heavy atom. The van der Waals surface area contributed by atoms with Crippen LogP contribution in [0.2, 0.25) is 12.1 Å². The first-order valence-electron chi connectivity index (χ1n) is 12.3. The fraction of sp³-hybridized carbons (Fsp3) is 0.226. The van der Waals surface area contributed by atoms with E-state index in [1.807, 2.05) is 0 Å². The highest BCUT2D eigenvalue weighted by Gasteiger charge is 2.15. The van der Waals surface area contributed by atoms with Crippen LogP contribution >= 0.6 is 0 Å². The third kappa shape index (κ3) is 8.15. The Bertz CT molecular complexity index is 908. The predicted octanol–water partition coefficient (Wildman–Crippen LogP) is 7.15. The van der Waals surface area contributed by atoms with Crippen molar-refractivity contribution in [2.45, 2.75) is 30.3 Å². The summed E-state index contributed by atoms with van der Waals surface area (Å²) < 4.78 is 12.3. The van der Waals surface area contributed by atoms with E-state index in [0.29, 0.717) is 19.5 Å². The van der Waals surface area contributed by atoms with Gasteiger partial charge in [0.25, 0.3) is 0 Å². The van der Waals surface area contributed by atoms with Crippen molar-refractivity contribution in [3.8, 4) is 0 Å². The zero-order chi connectivity index (χ0) is 24.0. The summed E-state index contributed by atoms with van der Waals surface area (Å²) >= 11 is 0. The molecule has 0 spiro atoms. The van der Waals surface area contributed by atoms with E-state index in [2.05, 4.69) is 121 Å². The molecule has 0 N–H and O–H groups in total. The van der Waals surface area contributed by atoms with Gasteiger partial charge in [-0.25, -0.2) is 0 Å². The van der Waals surface area contributed by atoms with Gasteiger partial charge < -0.3 is 8.85 Å². The van der Waals surface area contributed by atoms with Crippen molar-refractivity contribution in [2.24, 2.45) is 0 Å². The first-order valence-corrected chi connectivity index (χ1v) is 14.5. The summed E-state index contributed by atoms with van der Waals surface area (Å²) in [5.41, 5.74) is 5.24. The summed E-state index contributed by atoms with van der Waals surface area (Å²) in [6.45, 7) is 1.45. The smallest absolute Gasteiger partial charge is 0.229 e. The van der Waals surface area contributed by atoms with Gasteiger partial charge in [0, 0.05) is 25.0 Å². The molecule has 4 rings (SSSR count). The Hall–Kier alpha value is -2.77. The van der Waals surface area contributed by atoms with Gasteiger partial charge in [-0.15, -0.1) is 0 Å². The highest BCUT2D eigenvalue weighted by atomic mass is 28.2. The second-order valence-electron chi connectivity index (χ2n) is 8.51. The van der Waals surface area contributed by atoms with Gasteiger partial charge >= 0.3 is 0 Å². The lowest BCUT2D eigenvalue weighted by molar-refractivity contribution is 0.315. The van der Waals surface area contributed by atoms with Crippen LogP contribution in [0.5, 0.6) is 0 Å². The van der Waals surface area contributed by atoms with Crippen molar-refractivity contribution in [3.63, 3.8) is 0 Å². The molecule has 0 saturated carbocycles. The van der Waals surface area contributed by atoms with Gasteiger partial charge in [-0.05, 0) is 34.3 Å². The van der Waals surface area contributed by atoms with E-state index in [1.165, 1.54) is 22.3 Å². The summed E-state index contributed by atoms with van der Waals surface area (Å²) in [5, 5.41) is 0. The van der Waals surface area contributed by atoms with E-state index < -0.39 is 0 Å². The van der Waals surface area contributed by atoms with Crippen LogP contribution in [0, 0.1) is 0 Å². The maximum absolute atomic E-state index is 6.16. The highest BCUT2D eigenvalue weighted by Crippen LogP contribution is 2.26. The predicted molar refractivity (Wildman–Crippen MR) is 147 cm³/mol. The van der Waals surface area contributed by atoms with E-state index in [9.17, 15) is 0 Å². The van der Waals surface area contributed by atoms with Gasteiger partial charge in [0.05, 0.1) is 0 Å². The fourth-order valence-electron chi connectivity index (χ4n) is 4.17. The second kappa shape index (κ2) is 14.6. The molecule has 0 saturated heterocycles. The first-order chi connectivity index (χ1) is 17.4. The lowest BCUT2D eigenvalue weighted by Crippen LogP contribution is -2.13. The van der Waals surface area contributed by atoms with Crippen LogP contribution in [0.3, 0.4) is 0 Å². The van der Waals surface area contributed by atoms with Crippen molar-refractivity contribution in [1.82, 2.24) is 0 Å². The quantitative estimate of drug-likeness (QED) is 0.137. The lowest BCUT2D eigenvalue weighted by atomic mass is 9.92. The van der Waals surface area contributed by atoms with Crippen molar-refractivity contribution in [3.05, 3.63) is 144 Å². The highest BCUT2D eigenvalue weighted by molar-refractivity contribution is 6.29.